The van der Waals surface area contributed by atoms with Crippen LogP contribution in [0.1, 0.15) is 57.2 Å². The number of nitrogens with zero attached hydrogens (tertiary/aromatic N) is 3. The molecule has 0 bridgehead atoms. The largest absolute Gasteiger partial charge is 0.460 e. The van der Waals surface area contributed by atoms with Gasteiger partial charge in [0.25, 0.3) is 0 Å². The van der Waals surface area contributed by atoms with Crippen molar-refractivity contribution in [3.05, 3.63) is 132 Å². The Hall–Kier alpha value is -4.81. The number of rotatable bonds is 14. The van der Waals surface area contributed by atoms with Gasteiger partial charge in [-0.25, -0.2) is 4.79 Å². The fourth-order valence-corrected chi connectivity index (χ4v) is 6.57. The summed E-state index contributed by atoms with van der Waals surface area (Å²) in [5.74, 6) is -0.395. The molecule has 0 aliphatic carbocycles. The second-order valence-electron chi connectivity index (χ2n) is 11.7. The standard InChI is InChI=1S/C41H47N3O2.CH5N/c1-7-42(8-2)34-24-20-31(21-25-34)38(32-22-26-35(27-23-32)43(9-3)10-4)39-36-18-14-15-19-37(36)44(28-29-46-41(45)30(5)6)40(39)33-16-12-11-13-17-33;1-2/h11-27,38H,5,7-10,28-29H2,1-4,6H3;2H2,1H3. The van der Waals surface area contributed by atoms with Crippen LogP contribution in [0.4, 0.5) is 11.4 Å². The molecule has 0 atom stereocenters. The number of aromatic nitrogens is 1. The lowest BCUT2D eigenvalue weighted by Gasteiger charge is -2.25. The molecule has 2 N–H and O–H groups in total. The lowest BCUT2D eigenvalue weighted by Crippen LogP contribution is -2.22. The van der Waals surface area contributed by atoms with E-state index in [0.29, 0.717) is 12.1 Å². The molecule has 0 aliphatic heterocycles. The molecule has 0 amide bonds. The predicted octanol–water partition coefficient (Wildman–Crippen LogP) is 8.88. The molecule has 48 heavy (non-hydrogen) atoms. The van der Waals surface area contributed by atoms with E-state index in [4.69, 9.17) is 4.74 Å². The summed E-state index contributed by atoms with van der Waals surface area (Å²) in [5.41, 5.74) is 14.5. The molecule has 5 aromatic rings. The van der Waals surface area contributed by atoms with Gasteiger partial charge in [0.1, 0.15) is 6.61 Å². The van der Waals surface area contributed by atoms with E-state index in [0.717, 1.165) is 43.0 Å². The first-order valence-corrected chi connectivity index (χ1v) is 17.2. The minimum absolute atomic E-state index is 0.0316. The van der Waals surface area contributed by atoms with Crippen LogP contribution in [0.15, 0.2) is 115 Å². The highest BCUT2D eigenvalue weighted by Crippen LogP contribution is 2.44. The summed E-state index contributed by atoms with van der Waals surface area (Å²) in [7, 11) is 1.50. The number of benzene rings is 4. The van der Waals surface area contributed by atoms with E-state index in [1.54, 1.807) is 6.92 Å². The zero-order valence-electron chi connectivity index (χ0n) is 29.6. The minimum Gasteiger partial charge on any atom is -0.460 e. The van der Waals surface area contributed by atoms with Crippen molar-refractivity contribution < 1.29 is 9.53 Å². The van der Waals surface area contributed by atoms with Crippen molar-refractivity contribution in [1.29, 1.82) is 0 Å². The van der Waals surface area contributed by atoms with Crippen molar-refractivity contribution in [3.8, 4) is 11.3 Å². The molecule has 0 fully saturated rings. The third kappa shape index (κ3) is 7.83. The van der Waals surface area contributed by atoms with Gasteiger partial charge in [0.2, 0.25) is 0 Å². The molecule has 1 heterocycles. The van der Waals surface area contributed by atoms with Crippen LogP contribution in [0.2, 0.25) is 0 Å². The molecule has 4 aromatic carbocycles. The van der Waals surface area contributed by atoms with Crippen molar-refractivity contribution in [1.82, 2.24) is 4.57 Å². The number of hydrogen-bond acceptors (Lipinski definition) is 5. The number of para-hydroxylation sites is 1. The van der Waals surface area contributed by atoms with Gasteiger partial charge >= 0.3 is 5.97 Å². The van der Waals surface area contributed by atoms with Gasteiger partial charge in [-0.15, -0.1) is 0 Å². The molecule has 5 rings (SSSR count). The summed E-state index contributed by atoms with van der Waals surface area (Å²) in [5, 5.41) is 1.19. The summed E-state index contributed by atoms with van der Waals surface area (Å²) >= 11 is 0. The number of carbonyl (C=O) groups is 1. The molecule has 1 aromatic heterocycles. The maximum absolute atomic E-state index is 12.3. The molecule has 0 unspecified atom stereocenters. The molecule has 6 heteroatoms. The number of hydrogen-bond donors (Lipinski definition) is 1. The molecular weight excluding hydrogens is 592 g/mol. The van der Waals surface area contributed by atoms with Crippen LogP contribution in [-0.2, 0) is 16.1 Å². The summed E-state index contributed by atoms with van der Waals surface area (Å²) in [4.78, 5) is 17.1. The van der Waals surface area contributed by atoms with Gasteiger partial charge in [-0.05, 0) is 94.3 Å². The Morgan fingerprint density at radius 3 is 1.69 bits per heavy atom. The Kier molecular flexibility index (Phi) is 13.0. The van der Waals surface area contributed by atoms with Crippen LogP contribution in [-0.4, -0.2) is 50.4 Å². The second-order valence-corrected chi connectivity index (χ2v) is 11.7. The Labute approximate surface area is 287 Å². The van der Waals surface area contributed by atoms with E-state index in [-0.39, 0.29) is 18.5 Å². The first-order chi connectivity index (χ1) is 23.4. The van der Waals surface area contributed by atoms with Crippen LogP contribution in [0.5, 0.6) is 0 Å². The molecule has 252 valence electrons. The summed E-state index contributed by atoms with van der Waals surface area (Å²) in [6, 6.07) is 37.5. The van der Waals surface area contributed by atoms with Crippen molar-refractivity contribution >= 4 is 28.2 Å². The van der Waals surface area contributed by atoms with Crippen LogP contribution in [0.3, 0.4) is 0 Å². The lowest BCUT2D eigenvalue weighted by molar-refractivity contribution is -0.139. The molecule has 0 saturated carbocycles. The Morgan fingerprint density at radius 1 is 0.729 bits per heavy atom. The third-order valence-corrected chi connectivity index (χ3v) is 8.95. The van der Waals surface area contributed by atoms with E-state index in [1.165, 1.54) is 40.5 Å². The highest BCUT2D eigenvalue weighted by atomic mass is 16.5. The van der Waals surface area contributed by atoms with E-state index < -0.39 is 0 Å². The van der Waals surface area contributed by atoms with Crippen LogP contribution < -0.4 is 15.5 Å². The Morgan fingerprint density at radius 2 is 1.21 bits per heavy atom. The first kappa shape index (κ1) is 36.0. The van der Waals surface area contributed by atoms with Gasteiger partial charge in [0.15, 0.2) is 0 Å². The molecule has 0 spiro atoms. The van der Waals surface area contributed by atoms with Crippen LogP contribution in [0, 0.1) is 0 Å². The highest BCUT2D eigenvalue weighted by molar-refractivity contribution is 5.94. The summed E-state index contributed by atoms with van der Waals surface area (Å²) < 4.78 is 7.96. The number of nitrogens with two attached hydrogens (primary N) is 1. The van der Waals surface area contributed by atoms with Gasteiger partial charge in [-0.1, -0.05) is 79.4 Å². The lowest BCUT2D eigenvalue weighted by atomic mass is 9.82. The average Bonchev–Trinajstić information content (AvgIpc) is 3.45. The average molecular weight is 645 g/mol. The van der Waals surface area contributed by atoms with E-state index in [9.17, 15) is 4.79 Å². The molecule has 0 aliphatic rings. The quantitative estimate of drug-likeness (QED) is 0.0967. The smallest absolute Gasteiger partial charge is 0.333 e. The van der Waals surface area contributed by atoms with Crippen molar-refractivity contribution in [2.45, 2.75) is 47.1 Å². The topological polar surface area (TPSA) is 63.7 Å². The van der Waals surface area contributed by atoms with Gasteiger partial charge in [0.05, 0.1) is 12.2 Å². The summed E-state index contributed by atoms with van der Waals surface area (Å²) in [6.07, 6.45) is 0. The number of esters is 1. The molecule has 0 radical (unpaired) electrons. The van der Waals surface area contributed by atoms with E-state index in [1.807, 2.05) is 0 Å². The molecule has 0 saturated heterocycles. The maximum Gasteiger partial charge on any atom is 0.333 e. The summed E-state index contributed by atoms with van der Waals surface area (Å²) in [6.45, 7) is 18.9. The zero-order valence-corrected chi connectivity index (χ0v) is 29.6. The number of anilines is 2. The molecular formula is C42H52N4O2. The normalized spacial score (nSPS) is 10.8. The SMILES string of the molecule is C=C(C)C(=O)OCCn1c(-c2ccccc2)c(C(c2ccc(N(CC)CC)cc2)c2ccc(N(CC)CC)cc2)c2ccccc21.CN. The Balaban J connectivity index is 0.00000255. The van der Waals surface area contributed by atoms with Crippen LogP contribution in [0.25, 0.3) is 22.2 Å². The molecule has 6 nitrogen and oxygen atoms in total. The monoisotopic (exact) mass is 644 g/mol. The van der Waals surface area contributed by atoms with Crippen molar-refractivity contribution in [3.63, 3.8) is 0 Å². The maximum atomic E-state index is 12.3. The van der Waals surface area contributed by atoms with Gasteiger partial charge in [-0.3, -0.25) is 0 Å². The number of carbonyl (C=O) groups excluding carboxylic acids is 1. The predicted molar refractivity (Wildman–Crippen MR) is 204 cm³/mol. The van der Waals surface area contributed by atoms with Gasteiger partial charge < -0.3 is 24.8 Å². The van der Waals surface area contributed by atoms with E-state index >= 15 is 0 Å². The zero-order chi connectivity index (χ0) is 34.6. The van der Waals surface area contributed by atoms with Crippen molar-refractivity contribution in [2.24, 2.45) is 5.73 Å². The van der Waals surface area contributed by atoms with Crippen molar-refractivity contribution in [2.75, 3.05) is 49.6 Å². The van der Waals surface area contributed by atoms with Gasteiger partial charge in [0, 0.05) is 59.9 Å². The number of fused-ring (bicyclic) bond motifs is 1. The highest BCUT2D eigenvalue weighted by Gasteiger charge is 2.28. The minimum atomic E-state index is -0.364. The fraction of sp³-hybridized carbons (Fsp3) is 0.310. The Bertz CT molecular complexity index is 1690. The first-order valence-electron chi connectivity index (χ1n) is 17.2. The van der Waals surface area contributed by atoms with Crippen LogP contribution >= 0.6 is 0 Å². The van der Waals surface area contributed by atoms with E-state index in [2.05, 4.69) is 158 Å². The third-order valence-electron chi connectivity index (χ3n) is 8.95. The fourth-order valence-electron chi connectivity index (χ4n) is 6.57. The second kappa shape index (κ2) is 17.4. The van der Waals surface area contributed by atoms with Gasteiger partial charge in [-0.2, -0.15) is 0 Å². The number of ether oxygens (including phenoxy) is 1.